The van der Waals surface area contributed by atoms with E-state index in [0.717, 1.165) is 52.5 Å². The van der Waals surface area contributed by atoms with Crippen molar-refractivity contribution in [1.29, 1.82) is 0 Å². The average Bonchev–Trinajstić information content (AvgIpc) is 3.38. The van der Waals surface area contributed by atoms with Gasteiger partial charge in [-0.3, -0.25) is 4.90 Å². The van der Waals surface area contributed by atoms with Crippen LogP contribution in [0.5, 0.6) is 11.5 Å². The zero-order valence-electron chi connectivity index (χ0n) is 24.9. The van der Waals surface area contributed by atoms with Crippen molar-refractivity contribution in [3.63, 3.8) is 0 Å². The Morgan fingerprint density at radius 2 is 1.45 bits per heavy atom. The number of hydrogen-bond donors (Lipinski definition) is 0. The van der Waals surface area contributed by atoms with Crippen molar-refractivity contribution in [3.05, 3.63) is 53.3 Å². The Hall–Kier alpha value is -3.03. The number of pyridine rings is 1. The second-order valence-corrected chi connectivity index (χ2v) is 8.97. The van der Waals surface area contributed by atoms with Crippen LogP contribution in [0, 0.1) is 6.92 Å². The number of morpholine rings is 1. The third kappa shape index (κ3) is 7.08. The molecule has 3 aromatic rings. The first-order valence-electron chi connectivity index (χ1n) is 13.7. The molecule has 0 saturated carbocycles. The molecular formula is C31H46N2O5. The maximum absolute atomic E-state index is 13.0. The third-order valence-corrected chi connectivity index (χ3v) is 6.43. The van der Waals surface area contributed by atoms with E-state index in [0.29, 0.717) is 18.8 Å². The van der Waals surface area contributed by atoms with E-state index in [9.17, 15) is 4.79 Å². The predicted octanol–water partition coefficient (Wildman–Crippen LogP) is 6.94. The molecule has 1 saturated heterocycles. The zero-order valence-corrected chi connectivity index (χ0v) is 24.9. The van der Waals surface area contributed by atoms with Crippen molar-refractivity contribution in [2.45, 2.75) is 67.5 Å². The first kappa shape index (κ1) is 31.2. The number of rotatable bonds is 7. The van der Waals surface area contributed by atoms with E-state index in [2.05, 4.69) is 28.5 Å². The van der Waals surface area contributed by atoms with Crippen LogP contribution in [0.2, 0.25) is 0 Å². The molecule has 1 atom stereocenters. The van der Waals surface area contributed by atoms with Gasteiger partial charge < -0.3 is 23.3 Å². The van der Waals surface area contributed by atoms with Gasteiger partial charge in [-0.1, -0.05) is 27.7 Å². The van der Waals surface area contributed by atoms with Gasteiger partial charge >= 0.3 is 5.97 Å². The van der Waals surface area contributed by atoms with Gasteiger partial charge in [0.1, 0.15) is 11.5 Å². The number of benzene rings is 1. The minimum absolute atomic E-state index is 0.0956. The molecule has 7 heteroatoms. The fourth-order valence-electron chi connectivity index (χ4n) is 4.65. The number of hydrogen-bond acceptors (Lipinski definition) is 6. The maximum Gasteiger partial charge on any atom is 0.338 e. The first-order chi connectivity index (χ1) is 18.3. The first-order valence-corrected chi connectivity index (χ1v) is 13.7. The second-order valence-electron chi connectivity index (χ2n) is 8.97. The standard InChI is InChI=1S/C27H34N2O5.2C2H6/c1-17(2)34-27(30)25-14-22-11-21(20-12-23(31-5)15-24(13-20)32-6)16-29(22)26(18(25)3)19(4)28-7-9-33-10-8-28;2*1-2/h11-17,19H,7-10H2,1-6H3;2*1-2H3. The Labute approximate surface area is 228 Å². The summed E-state index contributed by atoms with van der Waals surface area (Å²) in [5.74, 6) is 1.16. The Bertz CT molecular complexity index is 1160. The Balaban J connectivity index is 0.00000121. The number of fused-ring (bicyclic) bond motifs is 1. The van der Waals surface area contributed by atoms with Crippen LogP contribution in [-0.2, 0) is 9.47 Å². The van der Waals surface area contributed by atoms with E-state index < -0.39 is 0 Å². The summed E-state index contributed by atoms with van der Waals surface area (Å²) in [5, 5.41) is 0. The van der Waals surface area contributed by atoms with Crippen LogP contribution in [0.25, 0.3) is 16.6 Å². The normalized spacial score (nSPS) is 14.2. The van der Waals surface area contributed by atoms with Gasteiger partial charge in [0, 0.05) is 48.2 Å². The van der Waals surface area contributed by atoms with Crippen LogP contribution in [-0.4, -0.2) is 61.9 Å². The van der Waals surface area contributed by atoms with Gasteiger partial charge in [-0.15, -0.1) is 0 Å². The number of ether oxygens (including phenoxy) is 4. The van der Waals surface area contributed by atoms with Gasteiger partial charge in [0.05, 0.1) is 39.1 Å². The lowest BCUT2D eigenvalue weighted by Crippen LogP contribution is -2.39. The lowest BCUT2D eigenvalue weighted by atomic mass is 10.0. The van der Waals surface area contributed by atoms with Crippen LogP contribution < -0.4 is 9.47 Å². The van der Waals surface area contributed by atoms with Crippen LogP contribution >= 0.6 is 0 Å². The van der Waals surface area contributed by atoms with Gasteiger partial charge in [0.25, 0.3) is 0 Å². The Morgan fingerprint density at radius 1 is 0.868 bits per heavy atom. The number of carbonyl (C=O) groups excluding carboxylic acids is 1. The lowest BCUT2D eigenvalue weighted by Gasteiger charge is -2.34. The molecule has 0 N–H and O–H groups in total. The van der Waals surface area contributed by atoms with Crippen LogP contribution in [0.1, 0.15) is 76.1 Å². The summed E-state index contributed by atoms with van der Waals surface area (Å²) < 4.78 is 24.3. The topological polar surface area (TPSA) is 61.6 Å². The maximum atomic E-state index is 13.0. The molecular weight excluding hydrogens is 480 g/mol. The van der Waals surface area contributed by atoms with Crippen molar-refractivity contribution < 1.29 is 23.7 Å². The molecule has 1 aromatic carbocycles. The molecule has 0 bridgehead atoms. The SMILES string of the molecule is CC.CC.COc1cc(OC)cc(-c2cc3cc(C(=O)OC(C)C)c(C)c(C(C)N4CCOCC4)n3c2)c1. The third-order valence-electron chi connectivity index (χ3n) is 6.43. The van der Waals surface area contributed by atoms with E-state index in [4.69, 9.17) is 18.9 Å². The molecule has 0 spiro atoms. The zero-order chi connectivity index (χ0) is 28.4. The summed E-state index contributed by atoms with van der Waals surface area (Å²) in [5.41, 5.74) is 5.55. The van der Waals surface area contributed by atoms with E-state index in [1.807, 2.05) is 72.7 Å². The highest BCUT2D eigenvalue weighted by Crippen LogP contribution is 2.35. The number of carbonyl (C=O) groups is 1. The molecule has 1 fully saturated rings. The van der Waals surface area contributed by atoms with Crippen molar-refractivity contribution in [3.8, 4) is 22.6 Å². The molecule has 1 aliphatic heterocycles. The summed E-state index contributed by atoms with van der Waals surface area (Å²) in [6.45, 7) is 19.1. The average molecular weight is 527 g/mol. The highest BCUT2D eigenvalue weighted by Gasteiger charge is 2.26. The minimum atomic E-state index is -0.295. The molecule has 0 amide bonds. The highest BCUT2D eigenvalue weighted by molar-refractivity contribution is 5.93. The van der Waals surface area contributed by atoms with Crippen molar-refractivity contribution in [2.75, 3.05) is 40.5 Å². The molecule has 0 radical (unpaired) electrons. The summed E-state index contributed by atoms with van der Waals surface area (Å²) in [4.78, 5) is 15.4. The summed E-state index contributed by atoms with van der Waals surface area (Å²) in [6, 6.07) is 9.95. The monoisotopic (exact) mass is 526 g/mol. The molecule has 1 aliphatic rings. The summed E-state index contributed by atoms with van der Waals surface area (Å²) >= 11 is 0. The predicted molar refractivity (Wildman–Crippen MR) is 155 cm³/mol. The molecule has 2 aromatic heterocycles. The quantitative estimate of drug-likeness (QED) is 0.311. The van der Waals surface area contributed by atoms with Crippen LogP contribution in [0.15, 0.2) is 36.5 Å². The summed E-state index contributed by atoms with van der Waals surface area (Å²) in [6.07, 6.45) is 1.94. The number of nitrogens with zero attached hydrogens (tertiary/aromatic N) is 2. The van der Waals surface area contributed by atoms with E-state index in [1.165, 1.54) is 0 Å². The van der Waals surface area contributed by atoms with Gasteiger partial charge in [-0.05, 0) is 63.1 Å². The van der Waals surface area contributed by atoms with E-state index in [1.54, 1.807) is 14.2 Å². The molecule has 7 nitrogen and oxygen atoms in total. The summed E-state index contributed by atoms with van der Waals surface area (Å²) in [7, 11) is 3.29. The number of esters is 1. The molecule has 38 heavy (non-hydrogen) atoms. The highest BCUT2D eigenvalue weighted by atomic mass is 16.5. The largest absolute Gasteiger partial charge is 0.497 e. The Morgan fingerprint density at radius 3 is 1.97 bits per heavy atom. The van der Waals surface area contributed by atoms with Crippen molar-refractivity contribution in [2.24, 2.45) is 0 Å². The van der Waals surface area contributed by atoms with Crippen LogP contribution in [0.4, 0.5) is 0 Å². The van der Waals surface area contributed by atoms with Crippen LogP contribution in [0.3, 0.4) is 0 Å². The van der Waals surface area contributed by atoms with Gasteiger partial charge in [-0.25, -0.2) is 4.79 Å². The van der Waals surface area contributed by atoms with Crippen molar-refractivity contribution >= 4 is 11.5 Å². The minimum Gasteiger partial charge on any atom is -0.497 e. The Kier molecular flexibility index (Phi) is 12.1. The second kappa shape index (κ2) is 14.8. The molecule has 3 heterocycles. The fraction of sp³-hybridized carbons (Fsp3) is 0.516. The molecule has 1 unspecified atom stereocenters. The van der Waals surface area contributed by atoms with Crippen molar-refractivity contribution in [1.82, 2.24) is 9.30 Å². The van der Waals surface area contributed by atoms with E-state index in [-0.39, 0.29) is 18.1 Å². The molecule has 0 aliphatic carbocycles. The molecule has 210 valence electrons. The lowest BCUT2D eigenvalue weighted by molar-refractivity contribution is 0.0186. The van der Waals surface area contributed by atoms with Gasteiger partial charge in [-0.2, -0.15) is 0 Å². The number of methoxy groups -OCH3 is 2. The molecule has 4 rings (SSSR count). The fourth-order valence-corrected chi connectivity index (χ4v) is 4.65. The number of aromatic nitrogens is 1. The van der Waals surface area contributed by atoms with Gasteiger partial charge in [0.2, 0.25) is 0 Å². The van der Waals surface area contributed by atoms with Gasteiger partial charge in [0.15, 0.2) is 0 Å². The van der Waals surface area contributed by atoms with E-state index >= 15 is 0 Å². The smallest absolute Gasteiger partial charge is 0.338 e.